The molecular formula is C14H20F3NO7S2. The van der Waals surface area contributed by atoms with Crippen LogP contribution in [0.1, 0.15) is 38.5 Å². The van der Waals surface area contributed by atoms with Gasteiger partial charge in [0.05, 0.1) is 24.4 Å². The Morgan fingerprint density at radius 2 is 1.59 bits per heavy atom. The van der Waals surface area contributed by atoms with Crippen molar-refractivity contribution in [3.05, 3.63) is 0 Å². The molecule has 4 saturated carbocycles. The number of alkyl halides is 3. The molecule has 27 heavy (non-hydrogen) atoms. The first-order valence-electron chi connectivity index (χ1n) is 8.62. The lowest BCUT2D eigenvalue weighted by Gasteiger charge is -2.60. The van der Waals surface area contributed by atoms with Crippen LogP contribution in [0.15, 0.2) is 0 Å². The normalized spacial score (nSPS) is 41.1. The maximum absolute atomic E-state index is 12.5. The standard InChI is InChI=1S/C14H20F3NO7S2/c15-14(16,17)26(19,20)18-27(21,22)25-13-4-9-1-10(5-13)3-12(2-9,8-13)24-7-11-6-23-11/h9-11,18H,1-8H2. The van der Waals surface area contributed by atoms with Crippen LogP contribution in [0.2, 0.25) is 0 Å². The first-order valence-corrected chi connectivity index (χ1v) is 11.5. The van der Waals surface area contributed by atoms with Crippen LogP contribution in [0.25, 0.3) is 0 Å². The van der Waals surface area contributed by atoms with Crippen molar-refractivity contribution < 1.29 is 43.7 Å². The second-order valence-corrected chi connectivity index (χ2v) is 11.4. The highest BCUT2D eigenvalue weighted by molar-refractivity contribution is 8.03. The largest absolute Gasteiger partial charge is 0.512 e. The summed E-state index contributed by atoms with van der Waals surface area (Å²) in [5.74, 6) is 0.251. The van der Waals surface area contributed by atoms with Gasteiger partial charge in [-0.15, -0.1) is 0 Å². The molecule has 1 heterocycles. The fraction of sp³-hybridized carbons (Fsp3) is 1.00. The van der Waals surface area contributed by atoms with Crippen LogP contribution in [-0.2, 0) is 34.0 Å². The molecule has 5 fully saturated rings. The molecule has 4 bridgehead atoms. The molecule has 0 amide bonds. The Hall–Kier alpha value is -0.470. The van der Waals surface area contributed by atoms with Gasteiger partial charge in [-0.2, -0.15) is 21.6 Å². The maximum Gasteiger partial charge on any atom is 0.512 e. The van der Waals surface area contributed by atoms with Gasteiger partial charge in [-0.25, -0.2) is 8.42 Å². The van der Waals surface area contributed by atoms with Crippen molar-refractivity contribution in [1.82, 2.24) is 4.13 Å². The average molecular weight is 435 g/mol. The average Bonchev–Trinajstić information content (AvgIpc) is 3.23. The molecule has 0 aromatic carbocycles. The van der Waals surface area contributed by atoms with E-state index in [-0.39, 0.29) is 24.4 Å². The van der Waals surface area contributed by atoms with Gasteiger partial charge in [0.2, 0.25) is 0 Å². The molecule has 1 N–H and O–H groups in total. The Labute approximate surface area is 155 Å². The van der Waals surface area contributed by atoms with Gasteiger partial charge in [0, 0.05) is 6.42 Å². The van der Waals surface area contributed by atoms with E-state index in [4.69, 9.17) is 13.7 Å². The summed E-state index contributed by atoms with van der Waals surface area (Å²) >= 11 is 0. The Balaban J connectivity index is 1.52. The van der Waals surface area contributed by atoms with Crippen molar-refractivity contribution in [1.29, 1.82) is 0 Å². The summed E-state index contributed by atoms with van der Waals surface area (Å²) in [5.41, 5.74) is -7.60. The molecule has 13 heteroatoms. The lowest BCUT2D eigenvalue weighted by atomic mass is 9.52. The molecule has 8 nitrogen and oxygen atoms in total. The number of epoxide rings is 1. The smallest absolute Gasteiger partial charge is 0.372 e. The number of hydrogen-bond acceptors (Lipinski definition) is 7. The van der Waals surface area contributed by atoms with Gasteiger partial charge >= 0.3 is 25.8 Å². The zero-order valence-corrected chi connectivity index (χ0v) is 15.8. The van der Waals surface area contributed by atoms with E-state index in [2.05, 4.69) is 0 Å². The van der Waals surface area contributed by atoms with Gasteiger partial charge in [0.15, 0.2) is 0 Å². The molecule has 1 aliphatic heterocycles. The Kier molecular flexibility index (Phi) is 4.42. The quantitative estimate of drug-likeness (QED) is 0.598. The second-order valence-electron chi connectivity index (χ2n) is 8.16. The van der Waals surface area contributed by atoms with E-state index in [1.54, 1.807) is 0 Å². The summed E-state index contributed by atoms with van der Waals surface area (Å²) in [6.45, 7) is 0.987. The zero-order valence-electron chi connectivity index (χ0n) is 14.2. The molecule has 4 aliphatic carbocycles. The highest BCUT2D eigenvalue weighted by Crippen LogP contribution is 2.60. The van der Waals surface area contributed by atoms with Crippen LogP contribution < -0.4 is 4.13 Å². The van der Waals surface area contributed by atoms with Crippen LogP contribution in [0, 0.1) is 11.8 Å². The minimum Gasteiger partial charge on any atom is -0.372 e. The molecule has 3 unspecified atom stereocenters. The minimum atomic E-state index is -6.08. The van der Waals surface area contributed by atoms with Crippen molar-refractivity contribution in [2.24, 2.45) is 11.8 Å². The van der Waals surface area contributed by atoms with Crippen molar-refractivity contribution in [3.8, 4) is 0 Å². The highest BCUT2D eigenvalue weighted by atomic mass is 32.3. The summed E-state index contributed by atoms with van der Waals surface area (Å²) in [6, 6.07) is 0. The third-order valence-electron chi connectivity index (χ3n) is 5.73. The summed E-state index contributed by atoms with van der Waals surface area (Å²) in [6.07, 6.45) is 3.27. The van der Waals surface area contributed by atoms with Crippen LogP contribution in [0.5, 0.6) is 0 Å². The lowest BCUT2D eigenvalue weighted by Crippen LogP contribution is -2.62. The number of rotatable bonds is 7. The molecular weight excluding hydrogens is 415 g/mol. The first kappa shape index (κ1) is 19.8. The lowest BCUT2D eigenvalue weighted by molar-refractivity contribution is -0.211. The summed E-state index contributed by atoms with van der Waals surface area (Å²) in [7, 11) is -11.2. The molecule has 0 spiro atoms. The first-order chi connectivity index (χ1) is 12.3. The molecule has 1 saturated heterocycles. The van der Waals surface area contributed by atoms with Crippen molar-refractivity contribution in [2.45, 2.75) is 61.3 Å². The van der Waals surface area contributed by atoms with E-state index in [1.165, 1.54) is 0 Å². The van der Waals surface area contributed by atoms with E-state index in [9.17, 15) is 30.0 Å². The molecule has 156 valence electrons. The topological polar surface area (TPSA) is 111 Å². The second kappa shape index (κ2) is 6.02. The van der Waals surface area contributed by atoms with Gasteiger partial charge in [-0.3, -0.25) is 4.18 Å². The van der Waals surface area contributed by atoms with Crippen molar-refractivity contribution in [3.63, 3.8) is 0 Å². The molecule has 0 aromatic heterocycles. The SMILES string of the molecule is O=S(=O)(NS(=O)(=O)C(F)(F)F)OC12CC3CC(CC(OCC4CO4)(C3)C1)C2. The molecule has 3 atom stereocenters. The van der Waals surface area contributed by atoms with Crippen LogP contribution in [0.4, 0.5) is 13.2 Å². The fourth-order valence-corrected chi connectivity index (χ4v) is 7.48. The number of nitrogens with one attached hydrogen (secondary N) is 1. The minimum absolute atomic E-state index is 0.0252. The number of halogens is 3. The van der Waals surface area contributed by atoms with Crippen molar-refractivity contribution >= 4 is 20.3 Å². The third kappa shape index (κ3) is 3.99. The third-order valence-corrected chi connectivity index (χ3v) is 8.61. The van der Waals surface area contributed by atoms with Crippen LogP contribution in [-0.4, -0.2) is 52.9 Å². The predicted molar refractivity (Wildman–Crippen MR) is 84.0 cm³/mol. The maximum atomic E-state index is 12.5. The number of hydrogen-bond donors (Lipinski definition) is 1. The Bertz CT molecular complexity index is 808. The highest BCUT2D eigenvalue weighted by Gasteiger charge is 2.61. The number of sulfonamides is 1. The van der Waals surface area contributed by atoms with Gasteiger partial charge in [-0.1, -0.05) is 4.13 Å². The summed E-state index contributed by atoms with van der Waals surface area (Å²) in [4.78, 5) is 0. The summed E-state index contributed by atoms with van der Waals surface area (Å²) in [5, 5.41) is 0. The Morgan fingerprint density at radius 1 is 1.04 bits per heavy atom. The Morgan fingerprint density at radius 3 is 2.11 bits per heavy atom. The zero-order chi connectivity index (χ0) is 19.7. The van der Waals surface area contributed by atoms with Crippen molar-refractivity contribution in [2.75, 3.05) is 13.2 Å². The van der Waals surface area contributed by atoms with Gasteiger partial charge in [-0.05, 0) is 43.9 Å². The van der Waals surface area contributed by atoms with Gasteiger partial charge in [0.1, 0.15) is 6.10 Å². The predicted octanol–water partition coefficient (Wildman–Crippen LogP) is 1.19. The molecule has 0 radical (unpaired) electrons. The van der Waals surface area contributed by atoms with E-state index in [0.717, 1.165) is 19.3 Å². The molecule has 0 aromatic rings. The van der Waals surface area contributed by atoms with Gasteiger partial charge < -0.3 is 9.47 Å². The van der Waals surface area contributed by atoms with Crippen LogP contribution in [0.3, 0.4) is 0 Å². The fourth-order valence-electron chi connectivity index (χ4n) is 5.23. The van der Waals surface area contributed by atoms with Crippen LogP contribution >= 0.6 is 0 Å². The van der Waals surface area contributed by atoms with E-state index < -0.39 is 37.0 Å². The molecule has 5 rings (SSSR count). The van der Waals surface area contributed by atoms with E-state index in [1.807, 2.05) is 0 Å². The number of ether oxygens (including phenoxy) is 2. The monoisotopic (exact) mass is 435 g/mol. The van der Waals surface area contributed by atoms with Gasteiger partial charge in [0.25, 0.3) is 0 Å². The van der Waals surface area contributed by atoms with E-state index in [0.29, 0.717) is 30.2 Å². The van der Waals surface area contributed by atoms with E-state index >= 15 is 0 Å². The molecule has 5 aliphatic rings. The summed E-state index contributed by atoms with van der Waals surface area (Å²) < 4.78 is 101.